The topological polar surface area (TPSA) is 417 Å². The van der Waals surface area contributed by atoms with Gasteiger partial charge in [0.25, 0.3) is 0 Å². The molecule has 5 atom stereocenters. The number of hydrogen-bond acceptors (Lipinski definition) is 16. The van der Waals surface area contributed by atoms with Crippen LogP contribution in [0, 0.1) is 5.41 Å². The molecule has 0 aromatic carbocycles. The highest BCUT2D eigenvalue weighted by Crippen LogP contribution is 2.53. The fraction of sp³-hybridized carbons (Fsp3) is 0.632. The number of aliphatic hydroxyl groups is 4. The van der Waals surface area contributed by atoms with E-state index in [0.29, 0.717) is 5.52 Å². The van der Waals surface area contributed by atoms with Crippen LogP contribution in [0.4, 0.5) is 5.82 Å². The van der Waals surface area contributed by atoms with Gasteiger partial charge in [-0.05, 0) is 0 Å². The zero-order valence-electron chi connectivity index (χ0n) is 24.3. The number of aromatic nitrogens is 4. The van der Waals surface area contributed by atoms with E-state index in [1.807, 2.05) is 0 Å². The van der Waals surface area contributed by atoms with E-state index in [1.165, 1.54) is 31.1 Å². The molecule has 2 aromatic heterocycles. The molecule has 1 aliphatic heterocycles. The van der Waals surface area contributed by atoms with E-state index in [4.69, 9.17) is 50.0 Å². The minimum Gasteiger partial charge on any atom is -0.481 e. The summed E-state index contributed by atoms with van der Waals surface area (Å²) in [6, 6.07) is 0. The molecule has 47 heavy (non-hydrogen) atoms. The zero-order chi connectivity index (χ0) is 36.5. The second-order valence-corrected chi connectivity index (χ2v) is 13.8. The van der Waals surface area contributed by atoms with E-state index in [1.54, 1.807) is 0 Å². The number of rotatable bonds is 12. The van der Waals surface area contributed by atoms with Crippen LogP contribution in [0.5, 0.6) is 0 Å². The van der Waals surface area contributed by atoms with Crippen LogP contribution < -0.4 is 11.1 Å². The van der Waals surface area contributed by atoms with E-state index in [2.05, 4.69) is 29.1 Å². The number of aliphatic hydroxyl groups excluding tert-OH is 4. The Hall–Kier alpha value is -2.54. The Morgan fingerprint density at radius 3 is 2.09 bits per heavy atom. The lowest BCUT2D eigenvalue weighted by Gasteiger charge is -2.26. The molecule has 0 aliphatic carbocycles. The Morgan fingerprint density at radius 1 is 1.04 bits per heavy atom. The van der Waals surface area contributed by atoms with Crippen LogP contribution in [-0.2, 0) is 36.9 Å². The van der Waals surface area contributed by atoms with Crippen molar-refractivity contribution in [3.8, 4) is 0 Å². The fourth-order valence-corrected chi connectivity index (χ4v) is 4.74. The van der Waals surface area contributed by atoms with Crippen molar-refractivity contribution in [3.63, 3.8) is 0 Å². The molecule has 0 saturated carbocycles. The number of aliphatic carboxylic acids is 1. The number of amides is 1. The van der Waals surface area contributed by atoms with Gasteiger partial charge in [-0.25, -0.2) is 28.6 Å². The van der Waals surface area contributed by atoms with Crippen molar-refractivity contribution in [2.24, 2.45) is 5.41 Å². The van der Waals surface area contributed by atoms with Gasteiger partial charge < -0.3 is 70.7 Å². The van der Waals surface area contributed by atoms with Gasteiger partial charge >= 0.3 is 29.4 Å². The molecule has 3 rings (SSSR count). The Bertz CT molecular complexity index is 1470. The smallest absolute Gasteiger partial charge is 0.478 e. The first-order chi connectivity index (χ1) is 21.3. The number of fused-ring (bicyclic) bond motifs is 1. The number of nitrogen functional groups attached to an aromatic ring is 1. The van der Waals surface area contributed by atoms with Crippen LogP contribution in [0.1, 0.15) is 26.5 Å². The highest BCUT2D eigenvalue weighted by molar-refractivity contribution is 7.60. The van der Waals surface area contributed by atoms with Gasteiger partial charge in [-0.2, -0.15) is 4.31 Å². The molecule has 1 amide bonds. The molecule has 2 aromatic rings. The summed E-state index contributed by atoms with van der Waals surface area (Å²) in [5.41, 5.74) is 5.31. The number of nitrogens with zero attached hydrogens (tertiary/aromatic N) is 4. The molecule has 0 bridgehead atoms. The Kier molecular flexibility index (Phi) is 15.6. The lowest BCUT2D eigenvalue weighted by Crippen LogP contribution is -2.45. The first-order valence-electron chi connectivity index (χ1n) is 12.5. The zero-order valence-corrected chi connectivity index (χ0v) is 26.9. The molecule has 0 spiro atoms. The molecule has 0 unspecified atom stereocenters. The van der Waals surface area contributed by atoms with Gasteiger partial charge in [-0.3, -0.25) is 18.7 Å². The number of carbonyl (C=O) groups excluding carboxylic acids is 1. The molecular formula is C19H35N6O19P3. The van der Waals surface area contributed by atoms with Crippen LogP contribution >= 0.6 is 23.5 Å². The molecule has 1 aliphatic rings. The maximum atomic E-state index is 11.3. The molecular weight excluding hydrogens is 709 g/mol. The van der Waals surface area contributed by atoms with Gasteiger partial charge in [0.15, 0.2) is 17.7 Å². The van der Waals surface area contributed by atoms with Crippen LogP contribution in [0.15, 0.2) is 12.7 Å². The highest BCUT2D eigenvalue weighted by atomic mass is 31.3. The third-order valence-corrected chi connectivity index (χ3v) is 7.84. The maximum Gasteiger partial charge on any atom is 0.478 e. The summed E-state index contributed by atoms with van der Waals surface area (Å²) < 4.78 is 44.0. The normalized spacial score (nSPS) is 20.9. The van der Waals surface area contributed by atoms with Crippen LogP contribution in [0.25, 0.3) is 11.2 Å². The maximum absolute atomic E-state index is 11.3. The minimum absolute atomic E-state index is 0.0350. The number of phosphoric ester groups is 1. The third kappa shape index (κ3) is 14.6. The number of carboxylic acid groups (broad SMARTS) is 1. The lowest BCUT2D eigenvalue weighted by atomic mass is 9.87. The van der Waals surface area contributed by atoms with Gasteiger partial charge in [0.1, 0.15) is 36.3 Å². The van der Waals surface area contributed by atoms with Gasteiger partial charge in [0.05, 0.1) is 26.0 Å². The van der Waals surface area contributed by atoms with Crippen molar-refractivity contribution >= 4 is 52.3 Å². The molecule has 3 heterocycles. The molecule has 270 valence electrons. The number of hydrogen-bond donors (Lipinski definition) is 13. The van der Waals surface area contributed by atoms with Gasteiger partial charge in [0.2, 0.25) is 5.91 Å². The molecule has 1 fully saturated rings. The summed E-state index contributed by atoms with van der Waals surface area (Å²) >= 11 is 0. The van der Waals surface area contributed by atoms with Crippen molar-refractivity contribution in [2.75, 3.05) is 25.5 Å². The van der Waals surface area contributed by atoms with Gasteiger partial charge in [-0.1, -0.05) is 13.8 Å². The summed E-state index contributed by atoms with van der Waals surface area (Å²) in [4.78, 5) is 81.6. The number of carboxylic acids is 1. The largest absolute Gasteiger partial charge is 0.481 e. The van der Waals surface area contributed by atoms with E-state index in [9.17, 15) is 38.6 Å². The first-order valence-corrected chi connectivity index (χ1v) is 17.1. The molecule has 28 heteroatoms. The quantitative estimate of drug-likeness (QED) is 0.0929. The highest BCUT2D eigenvalue weighted by Gasteiger charge is 2.45. The van der Waals surface area contributed by atoms with E-state index in [-0.39, 0.29) is 31.0 Å². The summed E-state index contributed by atoms with van der Waals surface area (Å²) in [6.07, 6.45) is -4.04. The number of nitrogens with two attached hydrogens (primary N) is 1. The van der Waals surface area contributed by atoms with Crippen molar-refractivity contribution in [3.05, 3.63) is 12.7 Å². The monoisotopic (exact) mass is 744 g/mol. The number of ether oxygens (including phenoxy) is 1. The number of imidazole rings is 1. The van der Waals surface area contributed by atoms with Gasteiger partial charge in [-0.15, -0.1) is 0 Å². The van der Waals surface area contributed by atoms with E-state index in [0.717, 1.165) is 0 Å². The first kappa shape index (κ1) is 42.5. The van der Waals surface area contributed by atoms with Crippen LogP contribution in [-0.4, -0.2) is 130 Å². The third-order valence-electron chi connectivity index (χ3n) is 5.65. The molecule has 1 saturated heterocycles. The van der Waals surface area contributed by atoms with Crippen molar-refractivity contribution < 1.29 is 91.7 Å². The number of anilines is 1. The van der Waals surface area contributed by atoms with E-state index >= 15 is 0 Å². The lowest BCUT2D eigenvalue weighted by molar-refractivity contribution is -0.138. The summed E-state index contributed by atoms with van der Waals surface area (Å²) in [6.45, 7) is 2.11. The average molecular weight is 744 g/mol. The predicted octanol–water partition coefficient (Wildman–Crippen LogP) is -3.72. The van der Waals surface area contributed by atoms with Crippen LogP contribution in [0.2, 0.25) is 0 Å². The van der Waals surface area contributed by atoms with Crippen molar-refractivity contribution in [1.29, 1.82) is 0 Å². The predicted molar refractivity (Wildman–Crippen MR) is 151 cm³/mol. The van der Waals surface area contributed by atoms with Crippen molar-refractivity contribution in [2.45, 2.75) is 50.9 Å². The molecule has 25 nitrogen and oxygen atoms in total. The van der Waals surface area contributed by atoms with Crippen molar-refractivity contribution in [1.82, 2.24) is 24.8 Å². The Morgan fingerprint density at radius 2 is 1.62 bits per heavy atom. The SMILES string of the molecule is CC(C)(CO)[C@@H](O)C(=O)NCCC(=O)O.Nc1ncnc2c1ncn2[C@@H]1O[C@H](COP(=O)(O)O)[C@@H](O)[C@H]1O.O=P(O)(O)OP(=O)(O)O. The minimum atomic E-state index is -5.05. The Balaban J connectivity index is 0.000000397. The molecule has 14 N–H and O–H groups in total. The summed E-state index contributed by atoms with van der Waals surface area (Å²) in [5, 5.41) is 49.0. The molecule has 0 radical (unpaired) electrons. The Labute approximate surface area is 263 Å². The second-order valence-electron chi connectivity index (χ2n) is 9.96. The fourth-order valence-electron chi connectivity index (χ4n) is 3.29. The summed E-state index contributed by atoms with van der Waals surface area (Å²) in [5.74, 6) is -1.55. The second kappa shape index (κ2) is 17.2. The van der Waals surface area contributed by atoms with Gasteiger partial charge in [0, 0.05) is 12.0 Å². The van der Waals surface area contributed by atoms with Crippen LogP contribution in [0.3, 0.4) is 0 Å². The summed E-state index contributed by atoms with van der Waals surface area (Å²) in [7, 11) is -14.8. The van der Waals surface area contributed by atoms with E-state index < -0.39 is 78.0 Å². The average Bonchev–Trinajstić information content (AvgIpc) is 3.46. The number of carbonyl (C=O) groups is 2. The standard InChI is InChI=1S/C10H14N5O7P.C9H17NO5.H4O7P2/c11-8-5-9(13-2-12-8)15(3-14-5)10-7(17)6(16)4(22-10)1-21-23(18,19)20;1-9(2,5-11)7(14)8(15)10-4-3-6(12)13;1-8(2,3)7-9(4,5)6/h2-4,6-7,10,16-17H,1H2,(H2,11,12,13)(H2,18,19,20);7,11,14H,3-5H2,1-2H3,(H,10,15)(H,12,13);(H2,1,2,3)(H2,4,5,6)/t4-,6-,7-,10-;7-;/m10./s1. The number of phosphoric acid groups is 3. The number of nitrogens with one attached hydrogen (secondary N) is 1.